The van der Waals surface area contributed by atoms with Gasteiger partial charge in [-0.3, -0.25) is 4.79 Å². The summed E-state index contributed by atoms with van der Waals surface area (Å²) in [6, 6.07) is 9.44. The van der Waals surface area contributed by atoms with Gasteiger partial charge in [-0.25, -0.2) is 0 Å². The maximum Gasteiger partial charge on any atom is 0.293 e. The molecule has 0 fully saturated rings. The number of methoxy groups -OCH3 is 1. The van der Waals surface area contributed by atoms with Gasteiger partial charge in [0.2, 0.25) is 0 Å². The average molecular weight is 368 g/mol. The fraction of sp³-hybridized carbons (Fsp3) is 0.667. The molecule has 5 heteroatoms. The molecule has 0 aliphatic heterocycles. The van der Waals surface area contributed by atoms with Gasteiger partial charge in [-0.15, -0.1) is 0 Å². The number of carbonyl (C=O) groups is 1. The summed E-state index contributed by atoms with van der Waals surface area (Å²) in [5, 5.41) is 11.0. The second-order valence-electron chi connectivity index (χ2n) is 7.18. The standard InChI is InChI=1S/C14H21NO.C5H10O2.C2H6O/c1-15-14-10-11-6-3-4-7-12(11)13(14)8-5-9-16-2;1-5(2,3)7-4-6;1-2-3/h3-4,6-7,13-15H,5,8-10H2,1-2H3;4H,1-3H3;3H,2H2,1H3/t13-,14?;;/m1../s1. The van der Waals surface area contributed by atoms with Crippen molar-refractivity contribution >= 4 is 6.47 Å². The first-order valence-electron chi connectivity index (χ1n) is 9.30. The predicted molar refractivity (Wildman–Crippen MR) is 107 cm³/mol. The van der Waals surface area contributed by atoms with E-state index in [0.29, 0.717) is 18.4 Å². The van der Waals surface area contributed by atoms with Crippen LogP contribution in [0.5, 0.6) is 0 Å². The lowest BCUT2D eigenvalue weighted by Gasteiger charge is -2.19. The Morgan fingerprint density at radius 3 is 2.38 bits per heavy atom. The van der Waals surface area contributed by atoms with Crippen LogP contribution in [0.1, 0.15) is 57.6 Å². The Balaban J connectivity index is 0.000000526. The molecule has 2 rings (SSSR count). The molecule has 1 aliphatic rings. The zero-order valence-corrected chi connectivity index (χ0v) is 17.2. The van der Waals surface area contributed by atoms with Crippen LogP contribution in [0.15, 0.2) is 24.3 Å². The highest BCUT2D eigenvalue weighted by molar-refractivity contribution is 5.38. The van der Waals surface area contributed by atoms with Gasteiger partial charge in [0, 0.05) is 26.4 Å². The molecule has 1 aliphatic carbocycles. The van der Waals surface area contributed by atoms with Gasteiger partial charge in [0.15, 0.2) is 0 Å². The van der Waals surface area contributed by atoms with Gasteiger partial charge < -0.3 is 19.9 Å². The third-order valence-electron chi connectivity index (χ3n) is 4.02. The summed E-state index contributed by atoms with van der Waals surface area (Å²) in [6.45, 7) is 8.72. The van der Waals surface area contributed by atoms with Crippen molar-refractivity contribution in [1.29, 1.82) is 0 Å². The molecule has 1 aromatic carbocycles. The minimum atomic E-state index is -0.318. The highest BCUT2D eigenvalue weighted by atomic mass is 16.5. The topological polar surface area (TPSA) is 67.8 Å². The van der Waals surface area contributed by atoms with Crippen LogP contribution in [-0.2, 0) is 20.7 Å². The van der Waals surface area contributed by atoms with Gasteiger partial charge in [-0.1, -0.05) is 24.3 Å². The number of hydrogen-bond acceptors (Lipinski definition) is 5. The lowest BCUT2D eigenvalue weighted by molar-refractivity contribution is -0.138. The van der Waals surface area contributed by atoms with Gasteiger partial charge in [0.05, 0.1) is 0 Å². The minimum absolute atomic E-state index is 0.250. The van der Waals surface area contributed by atoms with E-state index in [1.807, 2.05) is 20.8 Å². The summed E-state index contributed by atoms with van der Waals surface area (Å²) in [5.41, 5.74) is 2.74. The van der Waals surface area contributed by atoms with Crippen LogP contribution in [0.25, 0.3) is 0 Å². The van der Waals surface area contributed by atoms with Gasteiger partial charge in [-0.2, -0.15) is 0 Å². The first kappa shape index (κ1) is 24.6. The van der Waals surface area contributed by atoms with Crippen LogP contribution >= 0.6 is 0 Å². The fourth-order valence-electron chi connectivity index (χ4n) is 2.93. The number of hydrogen-bond donors (Lipinski definition) is 2. The second kappa shape index (κ2) is 13.7. The number of ether oxygens (including phenoxy) is 2. The Labute approximate surface area is 159 Å². The molecule has 0 saturated carbocycles. The van der Waals surface area contributed by atoms with E-state index < -0.39 is 0 Å². The van der Waals surface area contributed by atoms with Crippen molar-refractivity contribution in [3.63, 3.8) is 0 Å². The quantitative estimate of drug-likeness (QED) is 0.596. The van der Waals surface area contributed by atoms with Crippen molar-refractivity contribution in [2.24, 2.45) is 0 Å². The lowest BCUT2D eigenvalue weighted by atomic mass is 9.93. The number of benzene rings is 1. The predicted octanol–water partition coefficient (Wildman–Crippen LogP) is 3.30. The molecule has 0 bridgehead atoms. The van der Waals surface area contributed by atoms with Crippen molar-refractivity contribution in [2.45, 2.75) is 64.5 Å². The molecule has 0 saturated heterocycles. The zero-order chi connectivity index (χ0) is 20.0. The SMILES string of the molecule is CC(C)(C)OC=O.CCO.CNC1Cc2ccccc2[C@H]1CCCOC. The lowest BCUT2D eigenvalue weighted by Crippen LogP contribution is -2.29. The van der Waals surface area contributed by atoms with E-state index in [1.165, 1.54) is 24.0 Å². The molecule has 2 N–H and O–H groups in total. The number of carbonyl (C=O) groups excluding carboxylic acids is 1. The van der Waals surface area contributed by atoms with E-state index in [2.05, 4.69) is 41.4 Å². The van der Waals surface area contributed by atoms with Crippen LogP contribution < -0.4 is 5.32 Å². The maximum absolute atomic E-state index is 9.60. The molecule has 0 aromatic heterocycles. The van der Waals surface area contributed by atoms with Crippen LogP contribution in [0.2, 0.25) is 0 Å². The van der Waals surface area contributed by atoms with E-state index in [4.69, 9.17) is 9.84 Å². The number of fused-ring (bicyclic) bond motifs is 1. The van der Waals surface area contributed by atoms with Crippen molar-refractivity contribution < 1.29 is 19.4 Å². The molecule has 0 amide bonds. The molecule has 150 valence electrons. The average Bonchev–Trinajstić information content (AvgIpc) is 2.93. The number of aliphatic hydroxyl groups excluding tert-OH is 1. The molecular weight excluding hydrogens is 330 g/mol. The summed E-state index contributed by atoms with van der Waals surface area (Å²) in [5.74, 6) is 0.663. The molecular formula is C21H37NO4. The number of rotatable bonds is 6. The number of aliphatic hydroxyl groups is 1. The van der Waals surface area contributed by atoms with Gasteiger partial charge in [-0.05, 0) is 71.0 Å². The Bertz CT molecular complexity index is 485. The second-order valence-corrected chi connectivity index (χ2v) is 7.18. The summed E-state index contributed by atoms with van der Waals surface area (Å²) >= 11 is 0. The molecule has 1 aromatic rings. The van der Waals surface area contributed by atoms with E-state index in [1.54, 1.807) is 14.0 Å². The molecule has 1 unspecified atom stereocenters. The van der Waals surface area contributed by atoms with Crippen molar-refractivity contribution in [3.05, 3.63) is 35.4 Å². The van der Waals surface area contributed by atoms with E-state index >= 15 is 0 Å². The Morgan fingerprint density at radius 1 is 1.31 bits per heavy atom. The molecule has 0 radical (unpaired) electrons. The molecule has 26 heavy (non-hydrogen) atoms. The first-order valence-corrected chi connectivity index (χ1v) is 9.30. The highest BCUT2D eigenvalue weighted by Gasteiger charge is 2.30. The van der Waals surface area contributed by atoms with Crippen molar-refractivity contribution in [1.82, 2.24) is 5.32 Å². The van der Waals surface area contributed by atoms with Gasteiger partial charge in [0.1, 0.15) is 5.60 Å². The van der Waals surface area contributed by atoms with E-state index in [-0.39, 0.29) is 12.2 Å². The van der Waals surface area contributed by atoms with Crippen molar-refractivity contribution in [2.75, 3.05) is 27.4 Å². The summed E-state index contributed by atoms with van der Waals surface area (Å²) in [6.07, 6.45) is 3.54. The summed E-state index contributed by atoms with van der Waals surface area (Å²) < 4.78 is 9.69. The van der Waals surface area contributed by atoms with E-state index in [9.17, 15) is 4.79 Å². The van der Waals surface area contributed by atoms with Crippen LogP contribution in [0.4, 0.5) is 0 Å². The summed E-state index contributed by atoms with van der Waals surface area (Å²) in [7, 11) is 3.85. The minimum Gasteiger partial charge on any atom is -0.462 e. The fourth-order valence-corrected chi connectivity index (χ4v) is 2.93. The van der Waals surface area contributed by atoms with Crippen LogP contribution in [-0.4, -0.2) is 50.6 Å². The molecule has 0 spiro atoms. The molecule has 0 heterocycles. The smallest absolute Gasteiger partial charge is 0.293 e. The van der Waals surface area contributed by atoms with Gasteiger partial charge in [0.25, 0.3) is 6.47 Å². The third-order valence-corrected chi connectivity index (χ3v) is 4.02. The summed E-state index contributed by atoms with van der Waals surface area (Å²) in [4.78, 5) is 9.60. The zero-order valence-electron chi connectivity index (χ0n) is 17.2. The molecule has 2 atom stereocenters. The van der Waals surface area contributed by atoms with Gasteiger partial charge >= 0.3 is 0 Å². The van der Waals surface area contributed by atoms with Crippen LogP contribution in [0, 0.1) is 0 Å². The van der Waals surface area contributed by atoms with Crippen LogP contribution in [0.3, 0.4) is 0 Å². The first-order chi connectivity index (χ1) is 12.3. The normalized spacial score (nSPS) is 18.0. The Morgan fingerprint density at radius 2 is 1.92 bits per heavy atom. The Kier molecular flexibility index (Phi) is 13.0. The number of likely N-dealkylation sites (N-methyl/N-ethyl adjacent to an activating group) is 1. The highest BCUT2D eigenvalue weighted by Crippen LogP contribution is 2.36. The third kappa shape index (κ3) is 9.90. The number of nitrogens with one attached hydrogen (secondary N) is 1. The monoisotopic (exact) mass is 367 g/mol. The Hall–Kier alpha value is -1.43. The molecule has 5 nitrogen and oxygen atoms in total. The largest absolute Gasteiger partial charge is 0.462 e. The van der Waals surface area contributed by atoms with E-state index in [0.717, 1.165) is 13.0 Å². The maximum atomic E-state index is 9.60. The van der Waals surface area contributed by atoms with Crippen molar-refractivity contribution in [3.8, 4) is 0 Å².